The van der Waals surface area contributed by atoms with Gasteiger partial charge in [0.15, 0.2) is 0 Å². The van der Waals surface area contributed by atoms with Crippen LogP contribution >= 0.6 is 11.3 Å². The summed E-state index contributed by atoms with van der Waals surface area (Å²) >= 11 is 1.60. The Morgan fingerprint density at radius 3 is 3.10 bits per heavy atom. The van der Waals surface area contributed by atoms with Crippen LogP contribution in [0.15, 0.2) is 34.3 Å². The molecule has 1 aliphatic carbocycles. The van der Waals surface area contributed by atoms with Crippen LogP contribution in [-0.4, -0.2) is 11.6 Å². The normalized spacial score (nSPS) is 16.4. The van der Waals surface area contributed by atoms with E-state index in [4.69, 9.17) is 0 Å². The van der Waals surface area contributed by atoms with Crippen molar-refractivity contribution in [3.8, 4) is 0 Å². The van der Waals surface area contributed by atoms with Gasteiger partial charge in [0.25, 0.3) is 0 Å². The predicted molar refractivity (Wildman–Crippen MR) is 85.1 cm³/mol. The molecule has 0 aliphatic heterocycles. The van der Waals surface area contributed by atoms with E-state index in [1.54, 1.807) is 11.3 Å². The Morgan fingerprint density at radius 1 is 1.45 bits per heavy atom. The maximum absolute atomic E-state index is 11.8. The monoisotopic (exact) mass is 290 g/mol. The number of allylic oxidation sites excluding steroid dienone is 2. The highest BCUT2D eigenvalue weighted by Gasteiger charge is 2.13. The lowest BCUT2D eigenvalue weighted by molar-refractivity contribution is -0.120. The zero-order valence-corrected chi connectivity index (χ0v) is 12.8. The molecule has 3 nitrogen and oxygen atoms in total. The van der Waals surface area contributed by atoms with Gasteiger partial charge in [-0.15, -0.1) is 11.3 Å². The number of rotatable bonds is 7. The molecule has 2 rings (SSSR count). The van der Waals surface area contributed by atoms with Gasteiger partial charge in [-0.2, -0.15) is 5.10 Å². The molecular weight excluding hydrogens is 268 g/mol. The fourth-order valence-corrected chi connectivity index (χ4v) is 3.05. The topological polar surface area (TPSA) is 41.5 Å². The zero-order valence-electron chi connectivity index (χ0n) is 12.0. The average Bonchev–Trinajstić information content (AvgIpc) is 3.08. The number of nitrogens with zero attached hydrogens (tertiary/aromatic N) is 1. The molecule has 0 saturated heterocycles. The molecule has 0 unspecified atom stereocenters. The van der Waals surface area contributed by atoms with E-state index in [1.165, 1.54) is 24.8 Å². The second-order valence-electron chi connectivity index (χ2n) is 5.07. The van der Waals surface area contributed by atoms with E-state index in [0.29, 0.717) is 6.42 Å². The second kappa shape index (κ2) is 8.00. The van der Waals surface area contributed by atoms with E-state index in [9.17, 15) is 4.79 Å². The van der Waals surface area contributed by atoms with Gasteiger partial charge in [0, 0.05) is 4.88 Å². The highest BCUT2D eigenvalue weighted by molar-refractivity contribution is 7.10. The number of nitrogens with one attached hydrogen (secondary N) is 1. The third-order valence-corrected chi connectivity index (χ3v) is 4.30. The molecule has 0 fully saturated rings. The first-order valence-corrected chi connectivity index (χ1v) is 8.24. The Bertz CT molecular complexity index is 489. The number of hydrogen-bond donors (Lipinski definition) is 1. The number of thiophene rings is 1. The van der Waals surface area contributed by atoms with Crippen LogP contribution in [0.3, 0.4) is 0 Å². The van der Waals surface area contributed by atoms with E-state index < -0.39 is 0 Å². The van der Waals surface area contributed by atoms with Gasteiger partial charge in [-0.25, -0.2) is 5.43 Å². The lowest BCUT2D eigenvalue weighted by Crippen LogP contribution is -2.21. The standard InChI is InChI=1S/C16H22N2OS/c1-2-3-4-7-13-8-5-10-15(13)17-18-16(19)12-14-9-6-11-20-14/h6,8-9,11H,2-5,7,10,12H2,1H3,(H,18,19)/b17-15-. The van der Waals surface area contributed by atoms with Gasteiger partial charge in [-0.1, -0.05) is 31.9 Å². The van der Waals surface area contributed by atoms with E-state index >= 15 is 0 Å². The van der Waals surface area contributed by atoms with Gasteiger partial charge in [0.2, 0.25) is 5.91 Å². The van der Waals surface area contributed by atoms with Gasteiger partial charge < -0.3 is 0 Å². The Labute approximate surface area is 124 Å². The molecule has 1 N–H and O–H groups in total. The zero-order chi connectivity index (χ0) is 14.2. The summed E-state index contributed by atoms with van der Waals surface area (Å²) in [6.45, 7) is 2.21. The number of amides is 1. The first-order valence-electron chi connectivity index (χ1n) is 7.36. The SMILES string of the molecule is CCCCCC1=CCC/C1=N/NC(=O)Cc1cccs1. The van der Waals surface area contributed by atoms with Crippen LogP contribution in [0.2, 0.25) is 0 Å². The molecule has 1 heterocycles. The lowest BCUT2D eigenvalue weighted by atomic mass is 10.1. The third kappa shape index (κ3) is 4.60. The van der Waals surface area contributed by atoms with Crippen molar-refractivity contribution in [3.63, 3.8) is 0 Å². The maximum Gasteiger partial charge on any atom is 0.245 e. The highest BCUT2D eigenvalue weighted by Crippen LogP contribution is 2.21. The van der Waals surface area contributed by atoms with Gasteiger partial charge in [-0.05, 0) is 42.7 Å². The van der Waals surface area contributed by atoms with Gasteiger partial charge in [0.05, 0.1) is 12.1 Å². The van der Waals surface area contributed by atoms with Crippen molar-refractivity contribution in [1.29, 1.82) is 0 Å². The third-order valence-electron chi connectivity index (χ3n) is 3.42. The van der Waals surface area contributed by atoms with Crippen LogP contribution in [0.5, 0.6) is 0 Å². The van der Waals surface area contributed by atoms with Gasteiger partial charge in [-0.3, -0.25) is 4.79 Å². The van der Waals surface area contributed by atoms with Crippen LogP contribution < -0.4 is 5.43 Å². The van der Waals surface area contributed by atoms with E-state index in [1.807, 2.05) is 17.5 Å². The molecule has 0 spiro atoms. The quantitative estimate of drug-likeness (QED) is 0.597. The van der Waals surface area contributed by atoms with Crippen molar-refractivity contribution in [2.45, 2.75) is 51.9 Å². The Morgan fingerprint density at radius 2 is 2.35 bits per heavy atom. The van der Waals surface area contributed by atoms with E-state index in [2.05, 4.69) is 23.5 Å². The van der Waals surface area contributed by atoms with Crippen LogP contribution in [0.4, 0.5) is 0 Å². The molecule has 1 aromatic heterocycles. The minimum atomic E-state index is -0.0280. The Balaban J connectivity index is 1.81. The molecular formula is C16H22N2OS. The first kappa shape index (κ1) is 15.0. The van der Waals surface area contributed by atoms with Gasteiger partial charge in [0.1, 0.15) is 0 Å². The molecule has 0 saturated carbocycles. The summed E-state index contributed by atoms with van der Waals surface area (Å²) in [5, 5.41) is 6.30. The average molecular weight is 290 g/mol. The van der Waals surface area contributed by atoms with Crippen molar-refractivity contribution >= 4 is 23.0 Å². The summed E-state index contributed by atoms with van der Waals surface area (Å²) in [4.78, 5) is 12.9. The molecule has 0 radical (unpaired) electrons. The van der Waals surface area contributed by atoms with Crippen molar-refractivity contribution < 1.29 is 4.79 Å². The summed E-state index contributed by atoms with van der Waals surface area (Å²) in [6, 6.07) is 3.94. The molecule has 0 aromatic carbocycles. The minimum Gasteiger partial charge on any atom is -0.273 e. The molecule has 1 amide bonds. The van der Waals surface area contributed by atoms with E-state index in [-0.39, 0.29) is 5.91 Å². The number of hydrazone groups is 1. The van der Waals surface area contributed by atoms with Crippen molar-refractivity contribution in [1.82, 2.24) is 5.43 Å². The number of hydrogen-bond acceptors (Lipinski definition) is 3. The fourth-order valence-electron chi connectivity index (χ4n) is 2.34. The largest absolute Gasteiger partial charge is 0.273 e. The molecule has 4 heteroatoms. The minimum absolute atomic E-state index is 0.0280. The summed E-state index contributed by atoms with van der Waals surface area (Å²) in [5.74, 6) is -0.0280. The van der Waals surface area contributed by atoms with Gasteiger partial charge >= 0.3 is 0 Å². The van der Waals surface area contributed by atoms with Crippen molar-refractivity contribution in [2.75, 3.05) is 0 Å². The molecule has 0 bridgehead atoms. The number of carbonyl (C=O) groups excluding carboxylic acids is 1. The summed E-state index contributed by atoms with van der Waals surface area (Å²) < 4.78 is 0. The Hall–Kier alpha value is -1.42. The van der Waals surface area contributed by atoms with Crippen LogP contribution in [0.25, 0.3) is 0 Å². The smallest absolute Gasteiger partial charge is 0.245 e. The number of carbonyl (C=O) groups is 1. The lowest BCUT2D eigenvalue weighted by Gasteiger charge is -2.05. The van der Waals surface area contributed by atoms with E-state index in [0.717, 1.165) is 29.9 Å². The van der Waals surface area contributed by atoms with Crippen molar-refractivity contribution in [3.05, 3.63) is 34.0 Å². The molecule has 0 atom stereocenters. The second-order valence-corrected chi connectivity index (χ2v) is 6.11. The first-order chi connectivity index (χ1) is 9.79. The molecule has 108 valence electrons. The fraction of sp³-hybridized carbons (Fsp3) is 0.500. The van der Waals surface area contributed by atoms with Crippen molar-refractivity contribution in [2.24, 2.45) is 5.10 Å². The van der Waals surface area contributed by atoms with Crippen LogP contribution in [0, 0.1) is 0 Å². The van der Waals surface area contributed by atoms with Crippen LogP contribution in [0.1, 0.15) is 50.3 Å². The number of unbranched alkanes of at least 4 members (excludes halogenated alkanes) is 2. The summed E-state index contributed by atoms with van der Waals surface area (Å²) in [5.41, 5.74) is 5.10. The molecule has 1 aliphatic rings. The molecule has 20 heavy (non-hydrogen) atoms. The predicted octanol–water partition coefficient (Wildman–Crippen LogP) is 4.06. The molecule has 1 aromatic rings. The maximum atomic E-state index is 11.8. The Kier molecular flexibility index (Phi) is 5.99. The summed E-state index contributed by atoms with van der Waals surface area (Å²) in [7, 11) is 0. The highest BCUT2D eigenvalue weighted by atomic mass is 32.1. The van der Waals surface area contributed by atoms with Crippen LogP contribution in [-0.2, 0) is 11.2 Å². The summed E-state index contributed by atoms with van der Waals surface area (Å²) in [6.07, 6.45) is 9.50.